The summed E-state index contributed by atoms with van der Waals surface area (Å²) in [4.78, 5) is 23.7. The molecular weight excluding hydrogens is 292 g/mol. The number of aromatic amines is 1. The summed E-state index contributed by atoms with van der Waals surface area (Å²) in [5.74, 6) is -0.458. The normalized spacial score (nSPS) is 10.5. The van der Waals surface area contributed by atoms with Crippen LogP contribution in [0.4, 0.5) is 11.4 Å². The van der Waals surface area contributed by atoms with Crippen LogP contribution in [0.15, 0.2) is 42.5 Å². The van der Waals surface area contributed by atoms with E-state index in [2.05, 4.69) is 20.8 Å². The van der Waals surface area contributed by atoms with Crippen molar-refractivity contribution in [2.24, 2.45) is 0 Å². The number of hydrogen-bond acceptors (Lipinski definition) is 3. The number of nitrogens with one attached hydrogen (secondary N) is 3. The predicted octanol–water partition coefficient (Wildman–Crippen LogP) is 3.08. The molecule has 0 saturated heterocycles. The second kappa shape index (κ2) is 5.92. The van der Waals surface area contributed by atoms with Gasteiger partial charge in [-0.05, 0) is 30.7 Å². The standard InChI is InChI=1S/C17H16N4O2/c1-10-13(18-11(2)22)8-5-9-14(10)19-17(23)16-12-6-3-4-7-15(12)20-21-16/h3-9H,1-2H3,(H,18,22)(H,19,23)(H,20,21). The van der Waals surface area contributed by atoms with Crippen molar-refractivity contribution in [2.75, 3.05) is 10.6 Å². The van der Waals surface area contributed by atoms with Crippen LogP contribution in [0.5, 0.6) is 0 Å². The lowest BCUT2D eigenvalue weighted by molar-refractivity contribution is -0.114. The predicted molar refractivity (Wildman–Crippen MR) is 89.5 cm³/mol. The Hall–Kier alpha value is -3.15. The van der Waals surface area contributed by atoms with E-state index in [0.717, 1.165) is 16.5 Å². The molecule has 3 aromatic rings. The van der Waals surface area contributed by atoms with Crippen LogP contribution >= 0.6 is 0 Å². The molecule has 0 aliphatic heterocycles. The van der Waals surface area contributed by atoms with Gasteiger partial charge in [0.15, 0.2) is 5.69 Å². The molecule has 0 saturated carbocycles. The summed E-state index contributed by atoms with van der Waals surface area (Å²) >= 11 is 0. The summed E-state index contributed by atoms with van der Waals surface area (Å²) in [7, 11) is 0. The summed E-state index contributed by atoms with van der Waals surface area (Å²) in [6, 6.07) is 12.8. The summed E-state index contributed by atoms with van der Waals surface area (Å²) in [6.45, 7) is 3.28. The molecule has 3 rings (SSSR count). The van der Waals surface area contributed by atoms with E-state index in [-0.39, 0.29) is 11.8 Å². The van der Waals surface area contributed by atoms with Gasteiger partial charge >= 0.3 is 0 Å². The molecule has 2 amide bonds. The number of benzene rings is 2. The number of H-pyrrole nitrogens is 1. The first-order valence-corrected chi connectivity index (χ1v) is 7.18. The molecule has 0 unspecified atom stereocenters. The van der Waals surface area contributed by atoms with Gasteiger partial charge in [-0.15, -0.1) is 0 Å². The molecule has 0 aliphatic carbocycles. The van der Waals surface area contributed by atoms with Crippen molar-refractivity contribution in [2.45, 2.75) is 13.8 Å². The van der Waals surface area contributed by atoms with Gasteiger partial charge < -0.3 is 10.6 Å². The molecule has 0 radical (unpaired) electrons. The number of anilines is 2. The molecule has 116 valence electrons. The second-order valence-corrected chi connectivity index (χ2v) is 5.23. The van der Waals surface area contributed by atoms with Gasteiger partial charge in [-0.3, -0.25) is 14.7 Å². The maximum absolute atomic E-state index is 12.5. The van der Waals surface area contributed by atoms with Gasteiger partial charge in [0.1, 0.15) is 0 Å². The number of aromatic nitrogens is 2. The van der Waals surface area contributed by atoms with E-state index >= 15 is 0 Å². The van der Waals surface area contributed by atoms with Crippen molar-refractivity contribution < 1.29 is 9.59 Å². The Morgan fingerprint density at radius 2 is 1.70 bits per heavy atom. The van der Waals surface area contributed by atoms with Crippen LogP contribution < -0.4 is 10.6 Å². The van der Waals surface area contributed by atoms with Crippen molar-refractivity contribution in [1.82, 2.24) is 10.2 Å². The molecule has 23 heavy (non-hydrogen) atoms. The van der Waals surface area contributed by atoms with E-state index in [4.69, 9.17) is 0 Å². The third-order valence-electron chi connectivity index (χ3n) is 3.58. The number of para-hydroxylation sites is 1. The van der Waals surface area contributed by atoms with E-state index in [1.165, 1.54) is 6.92 Å². The van der Waals surface area contributed by atoms with Gasteiger partial charge in [0, 0.05) is 23.7 Å². The molecular formula is C17H16N4O2. The molecule has 0 spiro atoms. The molecule has 0 fully saturated rings. The molecule has 3 N–H and O–H groups in total. The highest BCUT2D eigenvalue weighted by Crippen LogP contribution is 2.24. The maximum Gasteiger partial charge on any atom is 0.276 e. The van der Waals surface area contributed by atoms with Gasteiger partial charge in [0.2, 0.25) is 5.91 Å². The molecule has 0 aliphatic rings. The summed E-state index contributed by atoms with van der Waals surface area (Å²) in [6.07, 6.45) is 0. The van der Waals surface area contributed by atoms with Crippen LogP contribution in [-0.4, -0.2) is 22.0 Å². The van der Waals surface area contributed by atoms with E-state index in [9.17, 15) is 9.59 Å². The first-order valence-electron chi connectivity index (χ1n) is 7.18. The van der Waals surface area contributed by atoms with E-state index in [0.29, 0.717) is 17.1 Å². The first kappa shape index (κ1) is 14.8. The molecule has 1 heterocycles. The fourth-order valence-electron chi connectivity index (χ4n) is 2.41. The Labute approximate surface area is 132 Å². The van der Waals surface area contributed by atoms with Crippen LogP contribution in [0.2, 0.25) is 0 Å². The lowest BCUT2D eigenvalue weighted by Crippen LogP contribution is -2.15. The summed E-state index contributed by atoms with van der Waals surface area (Å²) in [5, 5.41) is 13.3. The number of carbonyl (C=O) groups is 2. The average molecular weight is 308 g/mol. The third-order valence-corrected chi connectivity index (χ3v) is 3.58. The van der Waals surface area contributed by atoms with Crippen molar-refractivity contribution >= 4 is 34.1 Å². The fraction of sp³-hybridized carbons (Fsp3) is 0.118. The molecule has 0 atom stereocenters. The highest BCUT2D eigenvalue weighted by molar-refractivity contribution is 6.11. The number of fused-ring (bicyclic) bond motifs is 1. The Kier molecular flexibility index (Phi) is 3.80. The van der Waals surface area contributed by atoms with E-state index in [1.54, 1.807) is 18.2 Å². The van der Waals surface area contributed by atoms with Crippen molar-refractivity contribution in [3.05, 3.63) is 53.7 Å². The monoisotopic (exact) mass is 308 g/mol. The van der Waals surface area contributed by atoms with Gasteiger partial charge in [0.05, 0.1) is 5.52 Å². The van der Waals surface area contributed by atoms with Crippen LogP contribution in [0.1, 0.15) is 23.0 Å². The van der Waals surface area contributed by atoms with Crippen LogP contribution in [0.25, 0.3) is 10.9 Å². The highest BCUT2D eigenvalue weighted by Gasteiger charge is 2.15. The number of amides is 2. The maximum atomic E-state index is 12.5. The minimum atomic E-state index is -0.300. The van der Waals surface area contributed by atoms with Crippen LogP contribution in [0.3, 0.4) is 0 Å². The molecule has 6 heteroatoms. The highest BCUT2D eigenvalue weighted by atomic mass is 16.2. The van der Waals surface area contributed by atoms with E-state index in [1.807, 2.05) is 31.2 Å². The Bertz CT molecular complexity index is 898. The van der Waals surface area contributed by atoms with Crippen molar-refractivity contribution in [3.8, 4) is 0 Å². The number of rotatable bonds is 3. The van der Waals surface area contributed by atoms with Gasteiger partial charge in [0.25, 0.3) is 5.91 Å². The van der Waals surface area contributed by atoms with Gasteiger partial charge in [-0.25, -0.2) is 0 Å². The van der Waals surface area contributed by atoms with E-state index < -0.39 is 0 Å². The van der Waals surface area contributed by atoms with Crippen molar-refractivity contribution in [1.29, 1.82) is 0 Å². The minimum Gasteiger partial charge on any atom is -0.326 e. The molecule has 1 aromatic heterocycles. The molecule has 2 aromatic carbocycles. The van der Waals surface area contributed by atoms with Crippen molar-refractivity contribution in [3.63, 3.8) is 0 Å². The number of carbonyl (C=O) groups excluding carboxylic acids is 2. The SMILES string of the molecule is CC(=O)Nc1cccc(NC(=O)c2n[nH]c3ccccc23)c1C. The first-order chi connectivity index (χ1) is 11.1. The second-order valence-electron chi connectivity index (χ2n) is 5.23. The fourth-order valence-corrected chi connectivity index (χ4v) is 2.41. The zero-order valence-corrected chi connectivity index (χ0v) is 12.8. The van der Waals surface area contributed by atoms with Gasteiger partial charge in [-0.1, -0.05) is 24.3 Å². The quantitative estimate of drug-likeness (QED) is 0.695. The minimum absolute atomic E-state index is 0.158. The number of nitrogens with zero attached hydrogens (tertiary/aromatic N) is 1. The zero-order valence-electron chi connectivity index (χ0n) is 12.8. The lowest BCUT2D eigenvalue weighted by atomic mass is 10.1. The summed E-state index contributed by atoms with van der Waals surface area (Å²) < 4.78 is 0. The average Bonchev–Trinajstić information content (AvgIpc) is 2.95. The molecule has 6 nitrogen and oxygen atoms in total. The number of hydrogen-bond donors (Lipinski definition) is 3. The van der Waals surface area contributed by atoms with Crippen LogP contribution in [0, 0.1) is 6.92 Å². The Balaban J connectivity index is 1.90. The van der Waals surface area contributed by atoms with Gasteiger partial charge in [-0.2, -0.15) is 5.10 Å². The lowest BCUT2D eigenvalue weighted by Gasteiger charge is -2.12. The topological polar surface area (TPSA) is 86.9 Å². The smallest absolute Gasteiger partial charge is 0.276 e. The zero-order chi connectivity index (χ0) is 16.4. The van der Waals surface area contributed by atoms with Crippen LogP contribution in [-0.2, 0) is 4.79 Å². The summed E-state index contributed by atoms with van der Waals surface area (Å²) in [5.41, 5.74) is 3.23. The largest absolute Gasteiger partial charge is 0.326 e. The Morgan fingerprint density at radius 3 is 2.43 bits per heavy atom. The molecule has 0 bridgehead atoms. The third kappa shape index (κ3) is 2.91. The Morgan fingerprint density at radius 1 is 1.00 bits per heavy atom.